The number of nitrogens with zero attached hydrogens (tertiary/aromatic N) is 5. The highest BCUT2D eigenvalue weighted by Crippen LogP contribution is 2.45. The smallest absolute Gasteiger partial charge is 0.314 e. The number of hydrogen-bond acceptors (Lipinski definition) is 5. The van der Waals surface area contributed by atoms with Gasteiger partial charge in [0.05, 0.1) is 30.0 Å². The van der Waals surface area contributed by atoms with Gasteiger partial charge in [-0.15, -0.1) is 0 Å². The van der Waals surface area contributed by atoms with E-state index in [9.17, 15) is 9.59 Å². The summed E-state index contributed by atoms with van der Waals surface area (Å²) < 4.78 is 0. The highest BCUT2D eigenvalue weighted by molar-refractivity contribution is 5.97. The molecule has 0 bridgehead atoms. The van der Waals surface area contributed by atoms with E-state index in [-0.39, 0.29) is 5.91 Å². The Kier molecular flexibility index (Phi) is 4.62. The molecule has 1 saturated heterocycles. The summed E-state index contributed by atoms with van der Waals surface area (Å²) in [6.45, 7) is 0.958. The fourth-order valence-corrected chi connectivity index (χ4v) is 4.75. The van der Waals surface area contributed by atoms with Gasteiger partial charge in [0.1, 0.15) is 5.69 Å². The van der Waals surface area contributed by atoms with E-state index in [1.165, 1.54) is 0 Å². The number of carbonyl (C=O) groups is 2. The number of rotatable bonds is 2. The van der Waals surface area contributed by atoms with Crippen LogP contribution in [0, 0.1) is 0 Å². The van der Waals surface area contributed by atoms with Crippen molar-refractivity contribution in [2.75, 3.05) is 18.0 Å². The molecule has 3 amide bonds. The molecule has 1 aromatic carbocycles. The second-order valence-corrected chi connectivity index (χ2v) is 7.89. The van der Waals surface area contributed by atoms with Gasteiger partial charge in [-0.05, 0) is 36.1 Å². The van der Waals surface area contributed by atoms with Crippen LogP contribution in [-0.2, 0) is 16.8 Å². The largest absolute Gasteiger partial charge is 0.351 e. The lowest BCUT2D eigenvalue weighted by molar-refractivity contribution is -0.120. The number of hydrogen-bond donors (Lipinski definition) is 1. The number of carbonyl (C=O) groups excluding carboxylic acids is 2. The summed E-state index contributed by atoms with van der Waals surface area (Å²) in [5.41, 5.74) is 8.42. The molecule has 2 aliphatic rings. The van der Waals surface area contributed by atoms with Gasteiger partial charge in [-0.1, -0.05) is 30.3 Å². The lowest BCUT2D eigenvalue weighted by atomic mass is 9.74. The predicted molar refractivity (Wildman–Crippen MR) is 115 cm³/mol. The lowest BCUT2D eigenvalue weighted by Gasteiger charge is -2.51. The highest BCUT2D eigenvalue weighted by atomic mass is 16.2. The number of fused-ring (bicyclic) bond motifs is 2. The first kappa shape index (κ1) is 19.2. The molecule has 0 atom stereocenters. The number of primary amides is 1. The first-order valence-electron chi connectivity index (χ1n) is 10.3. The Morgan fingerprint density at radius 3 is 2.39 bits per heavy atom. The molecule has 5 rings (SSSR count). The van der Waals surface area contributed by atoms with Gasteiger partial charge < -0.3 is 10.6 Å². The second-order valence-electron chi connectivity index (χ2n) is 7.89. The van der Waals surface area contributed by atoms with Crippen LogP contribution in [0.2, 0.25) is 0 Å². The van der Waals surface area contributed by atoms with Gasteiger partial charge in [-0.25, -0.2) is 14.8 Å². The molecule has 156 valence electrons. The normalized spacial score (nSPS) is 17.5. The number of urea groups is 1. The molecule has 2 N–H and O–H groups in total. The van der Waals surface area contributed by atoms with Crippen LogP contribution >= 0.6 is 0 Å². The Morgan fingerprint density at radius 2 is 1.71 bits per heavy atom. The maximum atomic E-state index is 13.3. The summed E-state index contributed by atoms with van der Waals surface area (Å²) in [6.07, 6.45) is 6.47. The Morgan fingerprint density at radius 1 is 0.935 bits per heavy atom. The van der Waals surface area contributed by atoms with Crippen LogP contribution in [-0.4, -0.2) is 44.9 Å². The maximum Gasteiger partial charge on any atom is 0.314 e. The van der Waals surface area contributed by atoms with Crippen molar-refractivity contribution in [2.45, 2.75) is 24.8 Å². The minimum absolute atomic E-state index is 0.0221. The topological polar surface area (TPSA) is 105 Å². The zero-order chi connectivity index (χ0) is 21.4. The van der Waals surface area contributed by atoms with Crippen molar-refractivity contribution >= 4 is 17.8 Å². The molecule has 2 aliphatic heterocycles. The third kappa shape index (κ3) is 3.20. The van der Waals surface area contributed by atoms with Crippen molar-refractivity contribution < 1.29 is 9.59 Å². The van der Waals surface area contributed by atoms with Crippen molar-refractivity contribution in [2.24, 2.45) is 5.73 Å². The molecular formula is C23H22N6O2. The number of likely N-dealkylation sites (tertiary alicyclic amines) is 1. The molecule has 0 saturated carbocycles. The van der Waals surface area contributed by atoms with Gasteiger partial charge in [0.2, 0.25) is 5.91 Å². The summed E-state index contributed by atoms with van der Waals surface area (Å²) in [6, 6.07) is 13.2. The number of anilines is 1. The standard InChI is InChI=1S/C23H22N6O2/c24-22(31)28-11-8-23(9-12-28)17-6-2-1-5-16(17)13-21(30)29(23)20-15-26-19(14-27-20)18-7-3-4-10-25-18/h1-7,10,14-15H,8-9,11-13H2,(H2,24,31). The Hall–Kier alpha value is -3.81. The summed E-state index contributed by atoms with van der Waals surface area (Å²) in [4.78, 5) is 41.9. The number of aromatic nitrogens is 3. The highest BCUT2D eigenvalue weighted by Gasteiger charge is 2.49. The van der Waals surface area contributed by atoms with E-state index in [0.717, 1.165) is 16.8 Å². The lowest BCUT2D eigenvalue weighted by Crippen LogP contribution is -2.60. The van der Waals surface area contributed by atoms with Gasteiger partial charge in [0, 0.05) is 19.3 Å². The molecule has 4 heterocycles. The third-order valence-electron chi connectivity index (χ3n) is 6.23. The zero-order valence-corrected chi connectivity index (χ0v) is 16.9. The molecule has 0 unspecified atom stereocenters. The zero-order valence-electron chi connectivity index (χ0n) is 16.9. The summed E-state index contributed by atoms with van der Waals surface area (Å²) in [5.74, 6) is 0.484. The Balaban J connectivity index is 1.56. The minimum Gasteiger partial charge on any atom is -0.351 e. The molecule has 0 radical (unpaired) electrons. The number of pyridine rings is 1. The van der Waals surface area contributed by atoms with Crippen LogP contribution in [0.5, 0.6) is 0 Å². The number of amides is 3. The molecule has 8 nitrogen and oxygen atoms in total. The van der Waals surface area contributed by atoms with Crippen molar-refractivity contribution in [3.05, 3.63) is 72.2 Å². The molecular weight excluding hydrogens is 392 g/mol. The van der Waals surface area contributed by atoms with Crippen LogP contribution in [0.15, 0.2) is 61.1 Å². The fourth-order valence-electron chi connectivity index (χ4n) is 4.75. The van der Waals surface area contributed by atoms with Crippen LogP contribution in [0.4, 0.5) is 10.6 Å². The number of piperidine rings is 1. The van der Waals surface area contributed by atoms with Crippen LogP contribution in [0.3, 0.4) is 0 Å². The van der Waals surface area contributed by atoms with E-state index < -0.39 is 11.6 Å². The molecule has 8 heteroatoms. The van der Waals surface area contributed by atoms with Gasteiger partial charge in [0.15, 0.2) is 5.82 Å². The van der Waals surface area contributed by atoms with Crippen molar-refractivity contribution in [3.8, 4) is 11.4 Å². The monoisotopic (exact) mass is 414 g/mol. The van der Waals surface area contributed by atoms with Gasteiger partial charge >= 0.3 is 6.03 Å². The van der Waals surface area contributed by atoms with E-state index >= 15 is 0 Å². The van der Waals surface area contributed by atoms with E-state index in [2.05, 4.69) is 21.0 Å². The quantitative estimate of drug-likeness (QED) is 0.694. The molecule has 0 aliphatic carbocycles. The fraction of sp³-hybridized carbons (Fsp3) is 0.261. The average Bonchev–Trinajstić information content (AvgIpc) is 2.80. The van der Waals surface area contributed by atoms with Gasteiger partial charge in [-0.2, -0.15) is 0 Å². The van der Waals surface area contributed by atoms with Crippen molar-refractivity contribution in [1.82, 2.24) is 19.9 Å². The summed E-state index contributed by atoms with van der Waals surface area (Å²) in [5, 5.41) is 0. The van der Waals surface area contributed by atoms with Crippen LogP contribution in [0.1, 0.15) is 24.0 Å². The molecule has 2 aromatic heterocycles. The van der Waals surface area contributed by atoms with Crippen LogP contribution < -0.4 is 10.6 Å². The van der Waals surface area contributed by atoms with E-state index in [1.807, 2.05) is 36.4 Å². The minimum atomic E-state index is -0.584. The average molecular weight is 414 g/mol. The second kappa shape index (κ2) is 7.46. The van der Waals surface area contributed by atoms with Gasteiger partial charge in [-0.3, -0.25) is 14.7 Å². The number of nitrogens with two attached hydrogens (primary N) is 1. The Bertz CT molecular complexity index is 1120. The molecule has 1 spiro atoms. The molecule has 1 fully saturated rings. The maximum absolute atomic E-state index is 13.3. The number of benzene rings is 1. The first-order chi connectivity index (χ1) is 15.1. The Labute approximate surface area is 179 Å². The van der Waals surface area contributed by atoms with E-state index in [1.54, 1.807) is 28.4 Å². The molecule has 3 aromatic rings. The third-order valence-corrected chi connectivity index (χ3v) is 6.23. The van der Waals surface area contributed by atoms with Crippen molar-refractivity contribution in [3.63, 3.8) is 0 Å². The van der Waals surface area contributed by atoms with E-state index in [4.69, 9.17) is 5.73 Å². The predicted octanol–water partition coefficient (Wildman–Crippen LogP) is 2.50. The summed E-state index contributed by atoms with van der Waals surface area (Å²) >= 11 is 0. The van der Waals surface area contributed by atoms with Crippen molar-refractivity contribution in [1.29, 1.82) is 0 Å². The SMILES string of the molecule is NC(=O)N1CCC2(CC1)c1ccccc1CC(=O)N2c1cnc(-c2ccccn2)cn1. The molecule has 31 heavy (non-hydrogen) atoms. The van der Waals surface area contributed by atoms with Gasteiger partial charge in [0.25, 0.3) is 0 Å². The van der Waals surface area contributed by atoms with Crippen LogP contribution in [0.25, 0.3) is 11.4 Å². The summed E-state index contributed by atoms with van der Waals surface area (Å²) in [7, 11) is 0. The van der Waals surface area contributed by atoms with E-state index in [0.29, 0.717) is 43.9 Å². The first-order valence-corrected chi connectivity index (χ1v) is 10.3.